The van der Waals surface area contributed by atoms with Crippen molar-refractivity contribution in [1.82, 2.24) is 19.8 Å². The van der Waals surface area contributed by atoms with Gasteiger partial charge in [-0.05, 0) is 38.5 Å². The molecule has 3 aliphatic heterocycles. The van der Waals surface area contributed by atoms with Gasteiger partial charge < -0.3 is 24.6 Å². The fourth-order valence-corrected chi connectivity index (χ4v) is 4.77. The Bertz CT molecular complexity index is 743. The lowest BCUT2D eigenvalue weighted by Gasteiger charge is -2.41. The lowest BCUT2D eigenvalue weighted by atomic mass is 9.87. The Morgan fingerprint density at radius 1 is 1.32 bits per heavy atom. The zero-order chi connectivity index (χ0) is 19.9. The first-order valence-corrected chi connectivity index (χ1v) is 9.77. The molecule has 1 aromatic rings. The Hall–Kier alpha value is -1.81. The Balaban J connectivity index is 1.50. The molecule has 0 saturated carbocycles. The molecule has 4 rings (SSSR count). The first-order valence-electron chi connectivity index (χ1n) is 9.77. The maximum atomic E-state index is 13.3. The van der Waals surface area contributed by atoms with Crippen LogP contribution in [0.25, 0.3) is 0 Å². The molecule has 0 aromatic carbocycles. The summed E-state index contributed by atoms with van der Waals surface area (Å²) >= 11 is 0. The Labute approximate surface area is 160 Å². The molecule has 1 spiro atoms. The zero-order valence-electron chi connectivity index (χ0n) is 15.6. The predicted octanol–water partition coefficient (Wildman–Crippen LogP) is 2.06. The third kappa shape index (κ3) is 3.47. The molecule has 1 unspecified atom stereocenters. The minimum Gasteiger partial charge on any atom is -0.391 e. The van der Waals surface area contributed by atoms with Crippen LogP contribution in [0.3, 0.4) is 0 Å². The number of amides is 2. The van der Waals surface area contributed by atoms with Crippen LogP contribution in [0.4, 0.5) is 18.0 Å². The number of aliphatic hydroxyl groups is 1. The van der Waals surface area contributed by atoms with Crippen LogP contribution >= 0.6 is 0 Å². The van der Waals surface area contributed by atoms with Gasteiger partial charge in [-0.1, -0.05) is 0 Å². The number of imidazole rings is 1. The molecule has 1 aromatic heterocycles. The van der Waals surface area contributed by atoms with E-state index in [0.717, 1.165) is 6.42 Å². The van der Waals surface area contributed by atoms with Gasteiger partial charge in [0.1, 0.15) is 0 Å². The number of hydrogen-bond donors (Lipinski definition) is 2. The Morgan fingerprint density at radius 2 is 2.07 bits per heavy atom. The van der Waals surface area contributed by atoms with Gasteiger partial charge in [0.25, 0.3) is 0 Å². The largest absolute Gasteiger partial charge is 0.449 e. The number of rotatable bonds is 2. The second-order valence-electron chi connectivity index (χ2n) is 7.90. The van der Waals surface area contributed by atoms with Crippen molar-refractivity contribution in [2.75, 3.05) is 19.8 Å². The summed E-state index contributed by atoms with van der Waals surface area (Å²) in [6.45, 7) is 1.52. The molecule has 7 nitrogen and oxygen atoms in total. The van der Waals surface area contributed by atoms with E-state index in [2.05, 4.69) is 10.3 Å². The molecule has 28 heavy (non-hydrogen) atoms. The maximum absolute atomic E-state index is 13.3. The highest BCUT2D eigenvalue weighted by atomic mass is 19.4. The number of aliphatic hydroxyl groups excluding tert-OH is 1. The number of nitrogens with zero attached hydrogens (tertiary/aromatic N) is 3. The second-order valence-corrected chi connectivity index (χ2v) is 7.90. The first-order chi connectivity index (χ1) is 13.3. The molecular formula is C18H25F3N4O3. The fraction of sp³-hybridized carbons (Fsp3) is 0.778. The number of aromatic nitrogens is 2. The Morgan fingerprint density at radius 3 is 2.79 bits per heavy atom. The SMILES string of the molecule is O=C(NCc1nc(C(F)(F)F)n2c1CCCC2)N1CC(O)CC12CCOCC2. The summed E-state index contributed by atoms with van der Waals surface area (Å²) in [6, 6.07) is -0.371. The van der Waals surface area contributed by atoms with Gasteiger partial charge >= 0.3 is 12.2 Å². The number of ether oxygens (including phenoxy) is 1. The summed E-state index contributed by atoms with van der Waals surface area (Å²) < 4.78 is 46.5. The first kappa shape index (κ1) is 19.5. The number of hydrogen-bond acceptors (Lipinski definition) is 4. The lowest BCUT2D eigenvalue weighted by molar-refractivity contribution is -0.147. The van der Waals surface area contributed by atoms with Gasteiger partial charge in [0.15, 0.2) is 0 Å². The molecule has 156 valence electrons. The van der Waals surface area contributed by atoms with E-state index in [9.17, 15) is 23.1 Å². The summed E-state index contributed by atoms with van der Waals surface area (Å²) in [5.74, 6) is -0.885. The number of alkyl halides is 3. The van der Waals surface area contributed by atoms with Gasteiger partial charge in [0.05, 0.1) is 23.9 Å². The number of β-amino-alcohol motifs (C(OH)–C–C–N with tert-alkyl or cyclic N) is 1. The smallest absolute Gasteiger partial charge is 0.391 e. The molecule has 1 atom stereocenters. The van der Waals surface area contributed by atoms with Crippen LogP contribution < -0.4 is 5.32 Å². The van der Waals surface area contributed by atoms with Crippen LogP contribution in [-0.2, 0) is 30.4 Å². The van der Waals surface area contributed by atoms with Crippen molar-refractivity contribution in [1.29, 1.82) is 0 Å². The van der Waals surface area contributed by atoms with Crippen molar-refractivity contribution in [2.24, 2.45) is 0 Å². The monoisotopic (exact) mass is 402 g/mol. The van der Waals surface area contributed by atoms with Crippen LogP contribution in [0.1, 0.15) is 49.3 Å². The third-order valence-corrected chi connectivity index (χ3v) is 6.11. The molecule has 2 N–H and O–H groups in total. The fourth-order valence-electron chi connectivity index (χ4n) is 4.77. The van der Waals surface area contributed by atoms with E-state index < -0.39 is 23.6 Å². The third-order valence-electron chi connectivity index (χ3n) is 6.11. The molecule has 0 radical (unpaired) electrons. The van der Waals surface area contributed by atoms with Gasteiger partial charge in [-0.25, -0.2) is 9.78 Å². The van der Waals surface area contributed by atoms with E-state index in [1.807, 2.05) is 0 Å². The predicted molar refractivity (Wildman–Crippen MR) is 92.5 cm³/mol. The number of carbonyl (C=O) groups excluding carboxylic acids is 1. The van der Waals surface area contributed by atoms with Gasteiger partial charge in [-0.15, -0.1) is 0 Å². The molecule has 4 heterocycles. The number of fused-ring (bicyclic) bond motifs is 1. The van der Waals surface area contributed by atoms with Crippen molar-refractivity contribution >= 4 is 6.03 Å². The summed E-state index contributed by atoms with van der Waals surface area (Å²) in [5, 5.41) is 12.8. The van der Waals surface area contributed by atoms with Gasteiger partial charge in [0.2, 0.25) is 5.82 Å². The van der Waals surface area contributed by atoms with Crippen molar-refractivity contribution < 1.29 is 27.8 Å². The highest BCUT2D eigenvalue weighted by Crippen LogP contribution is 2.38. The molecule has 0 aliphatic carbocycles. The number of urea groups is 1. The van der Waals surface area contributed by atoms with Crippen LogP contribution in [-0.4, -0.2) is 57.0 Å². The van der Waals surface area contributed by atoms with Crippen molar-refractivity contribution in [2.45, 2.75) is 69.4 Å². The summed E-state index contributed by atoms with van der Waals surface area (Å²) in [6.07, 6.45) is -1.29. The lowest BCUT2D eigenvalue weighted by Crippen LogP contribution is -2.53. The standard InChI is InChI=1S/C18H25F3N4O3/c19-18(20,21)15-23-13(14-3-1-2-6-24(14)15)10-22-16(27)25-11-12(26)9-17(25)4-7-28-8-5-17/h12,26H,1-11H2,(H,22,27). The van der Waals surface area contributed by atoms with E-state index in [1.54, 1.807) is 4.90 Å². The van der Waals surface area contributed by atoms with E-state index in [4.69, 9.17) is 4.74 Å². The Kier molecular flexibility index (Phi) is 5.03. The topological polar surface area (TPSA) is 79.6 Å². The summed E-state index contributed by atoms with van der Waals surface area (Å²) in [7, 11) is 0. The second kappa shape index (κ2) is 7.22. The van der Waals surface area contributed by atoms with Crippen molar-refractivity contribution in [3.8, 4) is 0 Å². The van der Waals surface area contributed by atoms with Crippen molar-refractivity contribution in [3.63, 3.8) is 0 Å². The minimum absolute atomic E-state index is 0.0522. The van der Waals surface area contributed by atoms with Gasteiger partial charge in [0, 0.05) is 32.0 Å². The normalized spacial score (nSPS) is 24.4. The van der Waals surface area contributed by atoms with Crippen molar-refractivity contribution in [3.05, 3.63) is 17.2 Å². The summed E-state index contributed by atoms with van der Waals surface area (Å²) in [4.78, 5) is 18.3. The quantitative estimate of drug-likeness (QED) is 0.794. The highest BCUT2D eigenvalue weighted by Gasteiger charge is 2.48. The number of likely N-dealkylation sites (tertiary alicyclic amines) is 1. The van der Waals surface area contributed by atoms with Gasteiger partial charge in [-0.2, -0.15) is 13.2 Å². The maximum Gasteiger partial charge on any atom is 0.449 e. The highest BCUT2D eigenvalue weighted by molar-refractivity contribution is 5.75. The van der Waals surface area contributed by atoms with Crippen LogP contribution in [0.5, 0.6) is 0 Å². The number of carbonyl (C=O) groups is 1. The molecule has 2 saturated heterocycles. The molecule has 10 heteroatoms. The van der Waals surface area contributed by atoms with E-state index in [0.29, 0.717) is 57.6 Å². The van der Waals surface area contributed by atoms with E-state index in [-0.39, 0.29) is 24.8 Å². The average molecular weight is 402 g/mol. The van der Waals surface area contributed by atoms with Crippen LogP contribution in [0, 0.1) is 0 Å². The molecule has 2 fully saturated rings. The van der Waals surface area contributed by atoms with Crippen LogP contribution in [0.2, 0.25) is 0 Å². The number of nitrogens with one attached hydrogen (secondary N) is 1. The molecular weight excluding hydrogens is 377 g/mol. The van der Waals surface area contributed by atoms with E-state index in [1.165, 1.54) is 4.57 Å². The zero-order valence-corrected chi connectivity index (χ0v) is 15.6. The number of halogens is 3. The molecule has 2 amide bonds. The van der Waals surface area contributed by atoms with E-state index >= 15 is 0 Å². The summed E-state index contributed by atoms with van der Waals surface area (Å²) in [5.41, 5.74) is 0.397. The molecule has 3 aliphatic rings. The van der Waals surface area contributed by atoms with Crippen LogP contribution in [0.15, 0.2) is 0 Å². The minimum atomic E-state index is -4.51. The molecule has 0 bridgehead atoms. The van der Waals surface area contributed by atoms with Gasteiger partial charge in [-0.3, -0.25) is 0 Å². The average Bonchev–Trinajstić information content (AvgIpc) is 3.18.